The number of para-hydroxylation sites is 1. The molecule has 1 nitrogen and oxygen atoms in total. The normalized spacial score (nSPS) is 36.7. The van der Waals surface area contributed by atoms with Crippen molar-refractivity contribution in [3.05, 3.63) is 72.9 Å². The van der Waals surface area contributed by atoms with Crippen molar-refractivity contribution in [1.82, 2.24) is 0 Å². The van der Waals surface area contributed by atoms with Crippen molar-refractivity contribution in [2.75, 3.05) is 19.0 Å². The van der Waals surface area contributed by atoms with Gasteiger partial charge in [-0.2, -0.15) is 0 Å². The molecular formula is C27H35NSi. The van der Waals surface area contributed by atoms with Gasteiger partial charge in [-0.05, 0) is 58.8 Å². The van der Waals surface area contributed by atoms with E-state index in [-0.39, 0.29) is 0 Å². The van der Waals surface area contributed by atoms with E-state index in [0.717, 1.165) is 34.8 Å². The van der Waals surface area contributed by atoms with E-state index < -0.39 is 8.07 Å². The number of fused-ring (bicyclic) bond motifs is 2. The van der Waals surface area contributed by atoms with Crippen LogP contribution in [0.3, 0.4) is 0 Å². The fourth-order valence-electron chi connectivity index (χ4n) is 7.30. The van der Waals surface area contributed by atoms with Gasteiger partial charge < -0.3 is 4.90 Å². The Hall–Kier alpha value is -1.80. The molecule has 0 heterocycles. The third kappa shape index (κ3) is 3.03. The maximum atomic E-state index is 2.77. The highest BCUT2D eigenvalue weighted by Crippen LogP contribution is 2.59. The first-order chi connectivity index (χ1) is 14.1. The van der Waals surface area contributed by atoms with Crippen molar-refractivity contribution < 1.29 is 0 Å². The van der Waals surface area contributed by atoms with Gasteiger partial charge in [-0.25, -0.2) is 0 Å². The van der Waals surface area contributed by atoms with Crippen LogP contribution < -0.4 is 10.1 Å². The third-order valence-electron chi connectivity index (χ3n) is 8.65. The van der Waals surface area contributed by atoms with Crippen molar-refractivity contribution in [2.45, 2.75) is 43.3 Å². The molecular weight excluding hydrogens is 366 g/mol. The van der Waals surface area contributed by atoms with Gasteiger partial charge in [-0.15, -0.1) is 0 Å². The van der Waals surface area contributed by atoms with Gasteiger partial charge in [0, 0.05) is 19.8 Å². The number of hydrogen-bond acceptors (Lipinski definition) is 1. The van der Waals surface area contributed by atoms with E-state index in [1.165, 1.54) is 31.4 Å². The topological polar surface area (TPSA) is 3.24 Å². The summed E-state index contributed by atoms with van der Waals surface area (Å²) in [6, 6.07) is 9.41. The molecule has 2 fully saturated rings. The van der Waals surface area contributed by atoms with Crippen LogP contribution in [0.15, 0.2) is 72.9 Å². The van der Waals surface area contributed by atoms with Gasteiger partial charge in [-0.1, -0.05) is 86.2 Å². The summed E-state index contributed by atoms with van der Waals surface area (Å²) < 4.78 is 0. The lowest BCUT2D eigenvalue weighted by molar-refractivity contribution is 0.520. The van der Waals surface area contributed by atoms with Gasteiger partial charge in [0.25, 0.3) is 0 Å². The van der Waals surface area contributed by atoms with Crippen molar-refractivity contribution in [2.24, 2.45) is 23.7 Å². The number of allylic oxidation sites excluding steroid dienone is 8. The van der Waals surface area contributed by atoms with E-state index in [9.17, 15) is 0 Å². The monoisotopic (exact) mass is 401 g/mol. The maximum absolute atomic E-state index is 2.77. The SMILES string of the molecule is CN(C)c1ccccc1[Si](C)(C1CCC2C=CC=CC21)C1CCC2C=CC=CC21. The molecule has 0 N–H and O–H groups in total. The van der Waals surface area contributed by atoms with E-state index in [1.54, 1.807) is 5.19 Å². The molecule has 5 rings (SSSR count). The first kappa shape index (κ1) is 19.2. The highest BCUT2D eigenvalue weighted by atomic mass is 28.3. The summed E-state index contributed by atoms with van der Waals surface area (Å²) in [6.45, 7) is 2.77. The standard InChI is InChI=1S/C27H35NSi/c1-28(2)24-14-8-9-15-27(24)29(3,25-18-16-20-10-4-6-12-22(20)25)26-19-17-21-11-5-7-13-23(21)26/h4-15,20-23,25-26H,16-19H2,1-3H3. The lowest BCUT2D eigenvalue weighted by Gasteiger charge is -2.46. The number of hydrogen-bond donors (Lipinski definition) is 0. The van der Waals surface area contributed by atoms with Crippen LogP contribution in [0.1, 0.15) is 25.7 Å². The molecule has 2 heteroatoms. The van der Waals surface area contributed by atoms with E-state index in [1.807, 2.05) is 0 Å². The minimum atomic E-state index is -1.80. The molecule has 2 saturated carbocycles. The molecule has 29 heavy (non-hydrogen) atoms. The Morgan fingerprint density at radius 1 is 0.724 bits per heavy atom. The third-order valence-corrected chi connectivity index (χ3v) is 14.7. The van der Waals surface area contributed by atoms with Crippen LogP contribution in [0, 0.1) is 23.7 Å². The molecule has 6 unspecified atom stereocenters. The summed E-state index contributed by atoms with van der Waals surface area (Å²) in [7, 11) is 2.67. The molecule has 0 spiro atoms. The van der Waals surface area contributed by atoms with E-state index in [0.29, 0.717) is 0 Å². The Kier molecular flexibility index (Phi) is 4.94. The summed E-state index contributed by atoms with van der Waals surface area (Å²) in [4.78, 5) is 2.37. The zero-order chi connectivity index (χ0) is 20.0. The average molecular weight is 402 g/mol. The van der Waals surface area contributed by atoms with Gasteiger partial charge in [-0.3, -0.25) is 0 Å². The summed E-state index contributed by atoms with van der Waals surface area (Å²) in [5.74, 6) is 3.02. The van der Waals surface area contributed by atoms with Gasteiger partial charge >= 0.3 is 0 Å². The second kappa shape index (κ2) is 7.47. The predicted molar refractivity (Wildman–Crippen MR) is 129 cm³/mol. The van der Waals surface area contributed by atoms with E-state index in [2.05, 4.69) is 98.4 Å². The van der Waals surface area contributed by atoms with Crippen LogP contribution in [0.25, 0.3) is 0 Å². The minimum absolute atomic E-state index is 0.744. The van der Waals surface area contributed by atoms with Crippen LogP contribution in [-0.2, 0) is 0 Å². The highest BCUT2D eigenvalue weighted by Gasteiger charge is 2.55. The second-order valence-corrected chi connectivity index (χ2v) is 14.7. The molecule has 4 aliphatic carbocycles. The van der Waals surface area contributed by atoms with Gasteiger partial charge in [0.05, 0.1) is 8.07 Å². The number of anilines is 1. The summed E-state index contributed by atoms with van der Waals surface area (Å²) in [6.07, 6.45) is 24.9. The smallest absolute Gasteiger partial charge is 0.0936 e. The Morgan fingerprint density at radius 3 is 1.79 bits per heavy atom. The van der Waals surface area contributed by atoms with Crippen molar-refractivity contribution in [3.63, 3.8) is 0 Å². The minimum Gasteiger partial charge on any atom is -0.378 e. The van der Waals surface area contributed by atoms with E-state index in [4.69, 9.17) is 0 Å². The first-order valence-electron chi connectivity index (χ1n) is 11.6. The van der Waals surface area contributed by atoms with E-state index >= 15 is 0 Å². The Labute approximate surface area is 177 Å². The van der Waals surface area contributed by atoms with Crippen molar-refractivity contribution in [1.29, 1.82) is 0 Å². The quantitative estimate of drug-likeness (QED) is 0.552. The average Bonchev–Trinajstić information content (AvgIpc) is 3.38. The summed E-state index contributed by atoms with van der Waals surface area (Å²) in [5, 5.41) is 1.72. The molecule has 0 bridgehead atoms. The zero-order valence-corrected chi connectivity index (χ0v) is 19.2. The molecule has 1 aromatic carbocycles. The van der Waals surface area contributed by atoms with Gasteiger partial charge in [0.15, 0.2) is 0 Å². The number of rotatable bonds is 4. The molecule has 0 radical (unpaired) electrons. The Balaban J connectivity index is 1.64. The van der Waals surface area contributed by atoms with Crippen LogP contribution in [0.5, 0.6) is 0 Å². The largest absolute Gasteiger partial charge is 0.378 e. The summed E-state index contributed by atoms with van der Waals surface area (Å²) >= 11 is 0. The van der Waals surface area contributed by atoms with Crippen LogP contribution in [-0.4, -0.2) is 22.2 Å². The van der Waals surface area contributed by atoms with Gasteiger partial charge in [0.1, 0.15) is 0 Å². The molecule has 6 atom stereocenters. The van der Waals surface area contributed by atoms with Crippen LogP contribution in [0.2, 0.25) is 17.6 Å². The molecule has 4 aliphatic rings. The first-order valence-corrected chi connectivity index (χ1v) is 14.2. The van der Waals surface area contributed by atoms with Crippen molar-refractivity contribution in [3.8, 4) is 0 Å². The highest BCUT2D eigenvalue weighted by molar-refractivity contribution is 6.94. The lowest BCUT2D eigenvalue weighted by Crippen LogP contribution is -2.56. The Morgan fingerprint density at radius 2 is 1.24 bits per heavy atom. The predicted octanol–water partition coefficient (Wildman–Crippen LogP) is 6.08. The molecule has 0 amide bonds. The van der Waals surface area contributed by atoms with Crippen LogP contribution in [0.4, 0.5) is 5.69 Å². The number of nitrogens with zero attached hydrogens (tertiary/aromatic N) is 1. The fourth-order valence-corrected chi connectivity index (χ4v) is 13.8. The zero-order valence-electron chi connectivity index (χ0n) is 18.2. The van der Waals surface area contributed by atoms with Crippen LogP contribution >= 0.6 is 0 Å². The summed E-state index contributed by atoms with van der Waals surface area (Å²) in [5.41, 5.74) is 3.16. The van der Waals surface area contributed by atoms with Crippen molar-refractivity contribution >= 4 is 18.9 Å². The Bertz CT molecular complexity index is 832. The van der Waals surface area contributed by atoms with Gasteiger partial charge in [0.2, 0.25) is 0 Å². The molecule has 0 saturated heterocycles. The molecule has 1 aromatic rings. The lowest BCUT2D eigenvalue weighted by atomic mass is 9.91. The fraction of sp³-hybridized carbons (Fsp3) is 0.481. The molecule has 0 aromatic heterocycles. The maximum Gasteiger partial charge on any atom is 0.0936 e. The molecule has 152 valence electrons. The molecule has 0 aliphatic heterocycles. The second-order valence-electron chi connectivity index (χ2n) is 10.1. The number of benzene rings is 1.